The molecule has 0 aromatic heterocycles. The smallest absolute Gasteiger partial charge is 0.193 e. The van der Waals surface area contributed by atoms with E-state index in [0.717, 1.165) is 32.2 Å². The summed E-state index contributed by atoms with van der Waals surface area (Å²) in [4.78, 5) is 9.18. The van der Waals surface area contributed by atoms with E-state index in [1.807, 2.05) is 7.05 Å². The van der Waals surface area contributed by atoms with Gasteiger partial charge in [-0.25, -0.2) is 0 Å². The number of ether oxygens (including phenoxy) is 1. The molecule has 0 bridgehead atoms. The Morgan fingerprint density at radius 2 is 2.25 bits per heavy atom. The monoisotopic (exact) mass is 330 g/mol. The summed E-state index contributed by atoms with van der Waals surface area (Å²) >= 11 is 0. The van der Waals surface area contributed by atoms with Gasteiger partial charge in [-0.15, -0.1) is 0 Å². The number of guanidine groups is 1. The van der Waals surface area contributed by atoms with E-state index in [4.69, 9.17) is 4.74 Å². The van der Waals surface area contributed by atoms with Crippen LogP contribution in [-0.4, -0.2) is 68.2 Å². The number of fused-ring (bicyclic) bond motifs is 1. The lowest BCUT2D eigenvalue weighted by atomic mass is 10.1. The SMILES string of the molecule is CN=C(NCC1CN2CCCC2CO1)N(C)Cc1ccccc1C. The van der Waals surface area contributed by atoms with Gasteiger partial charge in [0.25, 0.3) is 0 Å². The fraction of sp³-hybridized carbons (Fsp3) is 0.632. The van der Waals surface area contributed by atoms with Gasteiger partial charge in [-0.2, -0.15) is 0 Å². The number of rotatable bonds is 4. The summed E-state index contributed by atoms with van der Waals surface area (Å²) in [5.41, 5.74) is 2.65. The number of morpholine rings is 1. The van der Waals surface area contributed by atoms with Crippen molar-refractivity contribution in [3.05, 3.63) is 35.4 Å². The molecular formula is C19H30N4O. The van der Waals surface area contributed by atoms with E-state index in [-0.39, 0.29) is 6.10 Å². The summed E-state index contributed by atoms with van der Waals surface area (Å²) in [6, 6.07) is 9.16. The van der Waals surface area contributed by atoms with Crippen LogP contribution < -0.4 is 5.32 Å². The summed E-state index contributed by atoms with van der Waals surface area (Å²) in [5, 5.41) is 3.48. The Labute approximate surface area is 145 Å². The first kappa shape index (κ1) is 17.2. The van der Waals surface area contributed by atoms with Gasteiger partial charge in [0.05, 0.1) is 12.7 Å². The molecule has 0 amide bonds. The van der Waals surface area contributed by atoms with Crippen molar-refractivity contribution in [1.82, 2.24) is 15.1 Å². The molecule has 2 unspecified atom stereocenters. The minimum atomic E-state index is 0.253. The molecule has 2 heterocycles. The lowest BCUT2D eigenvalue weighted by Crippen LogP contribution is -2.51. The zero-order valence-corrected chi connectivity index (χ0v) is 15.2. The molecule has 24 heavy (non-hydrogen) atoms. The Kier molecular flexibility index (Phi) is 5.74. The van der Waals surface area contributed by atoms with E-state index in [1.54, 1.807) is 0 Å². The first-order valence-electron chi connectivity index (χ1n) is 8.99. The standard InChI is InChI=1S/C19H30N4O/c1-15-7-4-5-8-16(15)12-22(3)19(20-2)21-11-18-13-23-10-6-9-17(23)14-24-18/h4-5,7-8,17-18H,6,9-14H2,1-3H3,(H,20,21). The number of hydrogen-bond acceptors (Lipinski definition) is 3. The highest BCUT2D eigenvalue weighted by Crippen LogP contribution is 2.22. The predicted octanol–water partition coefficient (Wildman–Crippen LogP) is 1.87. The van der Waals surface area contributed by atoms with Crippen molar-refractivity contribution in [2.24, 2.45) is 4.99 Å². The van der Waals surface area contributed by atoms with Crippen molar-refractivity contribution >= 4 is 5.96 Å². The second-order valence-corrected chi connectivity index (χ2v) is 6.96. The molecule has 2 saturated heterocycles. The van der Waals surface area contributed by atoms with E-state index in [9.17, 15) is 0 Å². The fourth-order valence-corrected chi connectivity index (χ4v) is 3.72. The van der Waals surface area contributed by atoms with Crippen molar-refractivity contribution in [3.63, 3.8) is 0 Å². The molecule has 0 radical (unpaired) electrons. The molecule has 2 atom stereocenters. The quantitative estimate of drug-likeness (QED) is 0.676. The number of aliphatic imine (C=N–C) groups is 1. The largest absolute Gasteiger partial charge is 0.373 e. The van der Waals surface area contributed by atoms with Crippen molar-refractivity contribution in [1.29, 1.82) is 0 Å². The molecule has 1 aromatic carbocycles. The molecule has 1 aromatic rings. The van der Waals surface area contributed by atoms with Crippen LogP contribution in [0.1, 0.15) is 24.0 Å². The summed E-state index contributed by atoms with van der Waals surface area (Å²) in [5.74, 6) is 0.922. The van der Waals surface area contributed by atoms with Crippen LogP contribution in [0.5, 0.6) is 0 Å². The normalized spacial score (nSPS) is 24.7. The molecule has 132 valence electrons. The molecule has 0 spiro atoms. The number of nitrogens with one attached hydrogen (secondary N) is 1. The summed E-state index contributed by atoms with van der Waals surface area (Å²) in [7, 11) is 3.93. The van der Waals surface area contributed by atoms with Gasteiger partial charge in [-0.3, -0.25) is 9.89 Å². The average Bonchev–Trinajstić information content (AvgIpc) is 3.05. The van der Waals surface area contributed by atoms with Crippen molar-refractivity contribution in [2.45, 2.75) is 38.5 Å². The van der Waals surface area contributed by atoms with Crippen LogP contribution in [-0.2, 0) is 11.3 Å². The van der Waals surface area contributed by atoms with Gasteiger partial charge >= 0.3 is 0 Å². The maximum absolute atomic E-state index is 6.03. The van der Waals surface area contributed by atoms with Gasteiger partial charge in [0.1, 0.15) is 0 Å². The third-order valence-corrected chi connectivity index (χ3v) is 5.19. The van der Waals surface area contributed by atoms with Gasteiger partial charge in [-0.05, 0) is 37.4 Å². The number of benzene rings is 1. The van der Waals surface area contributed by atoms with Crippen LogP contribution in [0.15, 0.2) is 29.3 Å². The Morgan fingerprint density at radius 1 is 1.42 bits per heavy atom. The van der Waals surface area contributed by atoms with Gasteiger partial charge in [-0.1, -0.05) is 24.3 Å². The van der Waals surface area contributed by atoms with Crippen LogP contribution in [0, 0.1) is 6.92 Å². The van der Waals surface area contributed by atoms with E-state index < -0.39 is 0 Å². The van der Waals surface area contributed by atoms with Crippen LogP contribution in [0.2, 0.25) is 0 Å². The van der Waals surface area contributed by atoms with Gasteiger partial charge < -0.3 is 15.0 Å². The zero-order chi connectivity index (χ0) is 16.9. The van der Waals surface area contributed by atoms with Crippen molar-refractivity contribution in [3.8, 4) is 0 Å². The molecule has 0 saturated carbocycles. The molecule has 0 aliphatic carbocycles. The van der Waals surface area contributed by atoms with E-state index in [2.05, 4.69) is 58.3 Å². The molecule has 1 N–H and O–H groups in total. The second-order valence-electron chi connectivity index (χ2n) is 6.96. The van der Waals surface area contributed by atoms with Crippen molar-refractivity contribution in [2.75, 3.05) is 40.3 Å². The molecule has 2 fully saturated rings. The van der Waals surface area contributed by atoms with Crippen LogP contribution in [0.25, 0.3) is 0 Å². The maximum atomic E-state index is 6.03. The Balaban J connectivity index is 1.50. The summed E-state index contributed by atoms with van der Waals surface area (Å²) in [6.07, 6.45) is 2.86. The van der Waals surface area contributed by atoms with Crippen LogP contribution in [0.3, 0.4) is 0 Å². The second kappa shape index (κ2) is 7.99. The Bertz CT molecular complexity index is 574. The third kappa shape index (κ3) is 4.08. The number of hydrogen-bond donors (Lipinski definition) is 1. The van der Waals surface area contributed by atoms with E-state index in [1.165, 1.54) is 30.5 Å². The first-order chi connectivity index (χ1) is 11.7. The molecule has 3 rings (SSSR count). The van der Waals surface area contributed by atoms with Gasteiger partial charge in [0.2, 0.25) is 0 Å². The van der Waals surface area contributed by atoms with E-state index in [0.29, 0.717) is 6.04 Å². The van der Waals surface area contributed by atoms with E-state index >= 15 is 0 Å². The molecular weight excluding hydrogens is 300 g/mol. The Morgan fingerprint density at radius 3 is 3.04 bits per heavy atom. The van der Waals surface area contributed by atoms with Gasteiger partial charge in [0, 0.05) is 39.8 Å². The highest BCUT2D eigenvalue weighted by molar-refractivity contribution is 5.79. The zero-order valence-electron chi connectivity index (χ0n) is 15.2. The lowest BCUT2D eigenvalue weighted by Gasteiger charge is -2.35. The predicted molar refractivity (Wildman–Crippen MR) is 98.3 cm³/mol. The molecule has 2 aliphatic rings. The first-order valence-corrected chi connectivity index (χ1v) is 8.99. The fourth-order valence-electron chi connectivity index (χ4n) is 3.72. The minimum Gasteiger partial charge on any atom is -0.373 e. The highest BCUT2D eigenvalue weighted by Gasteiger charge is 2.32. The highest BCUT2D eigenvalue weighted by atomic mass is 16.5. The maximum Gasteiger partial charge on any atom is 0.193 e. The van der Waals surface area contributed by atoms with Crippen LogP contribution >= 0.6 is 0 Å². The molecule has 2 aliphatic heterocycles. The number of aryl methyl sites for hydroxylation is 1. The summed E-state index contributed by atoms with van der Waals surface area (Å²) in [6.45, 7) is 6.97. The lowest BCUT2D eigenvalue weighted by molar-refractivity contribution is -0.0454. The summed E-state index contributed by atoms with van der Waals surface area (Å²) < 4.78 is 6.03. The number of nitrogens with zero attached hydrogens (tertiary/aromatic N) is 3. The molecule has 5 heteroatoms. The Hall–Kier alpha value is -1.59. The topological polar surface area (TPSA) is 40.1 Å². The third-order valence-electron chi connectivity index (χ3n) is 5.19. The van der Waals surface area contributed by atoms with Gasteiger partial charge in [0.15, 0.2) is 5.96 Å². The van der Waals surface area contributed by atoms with Crippen LogP contribution in [0.4, 0.5) is 0 Å². The minimum absolute atomic E-state index is 0.253. The van der Waals surface area contributed by atoms with Crippen molar-refractivity contribution < 1.29 is 4.74 Å². The molecule has 5 nitrogen and oxygen atoms in total. The average molecular weight is 330 g/mol.